The Morgan fingerprint density at radius 2 is 1.44 bits per heavy atom. The van der Waals surface area contributed by atoms with Crippen LogP contribution < -0.4 is 4.90 Å². The summed E-state index contributed by atoms with van der Waals surface area (Å²) in [6.07, 6.45) is 12.6. The second kappa shape index (κ2) is 9.75. The first-order chi connectivity index (χ1) is 21.3. The van der Waals surface area contributed by atoms with Crippen LogP contribution in [-0.4, -0.2) is 10.2 Å². The first kappa shape index (κ1) is 24.5. The SMILES string of the molecule is C1=CC2Sc3cc(N(c4ccccc4)c4ccc(-c5ccc6ccc7oc8cnccc8c7c6c5)cc4)ccc3C2C=C1. The number of allylic oxidation sites excluding steroid dienone is 3. The molecule has 7 aromatic rings. The van der Waals surface area contributed by atoms with Gasteiger partial charge in [0.15, 0.2) is 5.58 Å². The van der Waals surface area contributed by atoms with Crippen molar-refractivity contribution < 1.29 is 4.42 Å². The predicted octanol–water partition coefficient (Wildman–Crippen LogP) is 11.0. The molecule has 0 amide bonds. The number of thioether (sulfide) groups is 1. The minimum Gasteiger partial charge on any atom is -0.454 e. The topological polar surface area (TPSA) is 29.3 Å². The van der Waals surface area contributed by atoms with Gasteiger partial charge in [0, 0.05) is 50.1 Å². The van der Waals surface area contributed by atoms with Crippen molar-refractivity contribution in [1.82, 2.24) is 4.98 Å². The van der Waals surface area contributed by atoms with E-state index in [1.807, 2.05) is 24.0 Å². The van der Waals surface area contributed by atoms with Gasteiger partial charge < -0.3 is 9.32 Å². The lowest BCUT2D eigenvalue weighted by molar-refractivity contribution is 0.667. The molecule has 9 rings (SSSR count). The third-order valence-corrected chi connectivity index (χ3v) is 10.0. The Bertz CT molecular complexity index is 2230. The average Bonchev–Trinajstić information content (AvgIpc) is 3.64. The lowest BCUT2D eigenvalue weighted by Gasteiger charge is -2.26. The molecule has 0 N–H and O–H groups in total. The molecule has 0 saturated heterocycles. The summed E-state index contributed by atoms with van der Waals surface area (Å²) >= 11 is 1.97. The number of fused-ring (bicyclic) bond motifs is 8. The highest BCUT2D eigenvalue weighted by Crippen LogP contribution is 2.50. The zero-order chi connectivity index (χ0) is 28.3. The van der Waals surface area contributed by atoms with Crippen molar-refractivity contribution >= 4 is 61.5 Å². The van der Waals surface area contributed by atoms with Gasteiger partial charge in [-0.25, -0.2) is 0 Å². The maximum atomic E-state index is 6.11. The molecule has 0 radical (unpaired) electrons. The molecule has 4 heteroatoms. The van der Waals surface area contributed by atoms with E-state index in [0.29, 0.717) is 11.2 Å². The fourth-order valence-corrected chi connectivity index (χ4v) is 8.00. The summed E-state index contributed by atoms with van der Waals surface area (Å²) in [7, 11) is 0. The van der Waals surface area contributed by atoms with E-state index in [4.69, 9.17) is 4.42 Å². The smallest absolute Gasteiger partial charge is 0.153 e. The summed E-state index contributed by atoms with van der Waals surface area (Å²) in [4.78, 5) is 7.97. The van der Waals surface area contributed by atoms with E-state index in [2.05, 4.69) is 137 Å². The first-order valence-corrected chi connectivity index (χ1v) is 15.5. The van der Waals surface area contributed by atoms with Crippen LogP contribution in [0.25, 0.3) is 43.8 Å². The molecule has 0 saturated carbocycles. The molecule has 43 heavy (non-hydrogen) atoms. The second-order valence-corrected chi connectivity index (χ2v) is 12.4. The fourth-order valence-electron chi connectivity index (χ4n) is 6.62. The minimum absolute atomic E-state index is 0.461. The van der Waals surface area contributed by atoms with Gasteiger partial charge in [0.25, 0.3) is 0 Å². The maximum Gasteiger partial charge on any atom is 0.153 e. The van der Waals surface area contributed by atoms with Crippen LogP contribution >= 0.6 is 11.8 Å². The van der Waals surface area contributed by atoms with Crippen molar-refractivity contribution in [2.75, 3.05) is 4.90 Å². The molecule has 3 heterocycles. The summed E-state index contributed by atoms with van der Waals surface area (Å²) < 4.78 is 6.11. The number of hydrogen-bond donors (Lipinski definition) is 0. The van der Waals surface area contributed by atoms with Crippen LogP contribution in [0.4, 0.5) is 17.1 Å². The van der Waals surface area contributed by atoms with E-state index in [1.54, 1.807) is 6.20 Å². The van der Waals surface area contributed by atoms with Gasteiger partial charge in [-0.2, -0.15) is 0 Å². The molecule has 204 valence electrons. The Morgan fingerprint density at radius 3 is 2.35 bits per heavy atom. The van der Waals surface area contributed by atoms with Gasteiger partial charge >= 0.3 is 0 Å². The molecule has 0 spiro atoms. The Morgan fingerprint density at radius 1 is 0.651 bits per heavy atom. The van der Waals surface area contributed by atoms with Crippen molar-refractivity contribution in [1.29, 1.82) is 0 Å². The van der Waals surface area contributed by atoms with E-state index in [-0.39, 0.29) is 0 Å². The Kier molecular flexibility index (Phi) is 5.56. The van der Waals surface area contributed by atoms with Crippen molar-refractivity contribution in [2.45, 2.75) is 16.1 Å². The van der Waals surface area contributed by atoms with E-state index < -0.39 is 0 Å². The first-order valence-electron chi connectivity index (χ1n) is 14.6. The van der Waals surface area contributed by atoms with Gasteiger partial charge in [-0.15, -0.1) is 11.8 Å². The summed E-state index contributed by atoms with van der Waals surface area (Å²) in [6.45, 7) is 0. The standard InChI is InChI=1S/C39H26N2OS/c1-2-6-28(7-3-1)41(30-17-18-32-31-8-4-5-9-37(31)43-38(32)23-30)29-15-12-25(13-16-29)27-11-10-26-14-19-35-39(34(26)22-27)33-20-21-40-24-36(33)42-35/h1-24,31,37H. The summed E-state index contributed by atoms with van der Waals surface area (Å²) in [6, 6.07) is 39.5. The normalized spacial score (nSPS) is 17.0. The Balaban J connectivity index is 1.12. The highest BCUT2D eigenvalue weighted by Gasteiger charge is 2.31. The lowest BCUT2D eigenvalue weighted by Crippen LogP contribution is -2.10. The average molecular weight is 571 g/mol. The molecule has 2 atom stereocenters. The summed E-state index contributed by atoms with van der Waals surface area (Å²) in [5, 5.41) is 5.11. The number of furan rings is 1. The number of aromatic nitrogens is 1. The van der Waals surface area contributed by atoms with Gasteiger partial charge in [-0.1, -0.05) is 78.9 Å². The molecule has 0 bridgehead atoms. The van der Waals surface area contributed by atoms with E-state index >= 15 is 0 Å². The predicted molar refractivity (Wildman–Crippen MR) is 180 cm³/mol. The highest BCUT2D eigenvalue weighted by molar-refractivity contribution is 8.00. The van der Waals surface area contributed by atoms with Crippen molar-refractivity contribution in [2.24, 2.45) is 0 Å². The largest absolute Gasteiger partial charge is 0.454 e. The van der Waals surface area contributed by atoms with Gasteiger partial charge in [-0.05, 0) is 82.1 Å². The molecule has 3 nitrogen and oxygen atoms in total. The van der Waals surface area contributed by atoms with Crippen LogP contribution in [-0.2, 0) is 0 Å². The lowest BCUT2D eigenvalue weighted by atomic mass is 9.92. The molecule has 2 unspecified atom stereocenters. The third-order valence-electron chi connectivity index (χ3n) is 8.69. The molecule has 2 aliphatic rings. The Labute approximate surface area is 253 Å². The van der Waals surface area contributed by atoms with Gasteiger partial charge in [0.05, 0.1) is 6.20 Å². The molecule has 0 fully saturated rings. The molecule has 1 aliphatic carbocycles. The number of anilines is 3. The zero-order valence-electron chi connectivity index (χ0n) is 23.2. The minimum atomic E-state index is 0.461. The quantitative estimate of drug-likeness (QED) is 0.210. The number of pyridine rings is 1. The van der Waals surface area contributed by atoms with E-state index in [1.165, 1.54) is 38.0 Å². The van der Waals surface area contributed by atoms with E-state index in [0.717, 1.165) is 33.3 Å². The molecular formula is C39H26N2OS. The van der Waals surface area contributed by atoms with Crippen LogP contribution in [0.2, 0.25) is 0 Å². The second-order valence-electron chi connectivity index (χ2n) is 11.2. The zero-order valence-corrected chi connectivity index (χ0v) is 24.0. The van der Waals surface area contributed by atoms with E-state index in [9.17, 15) is 0 Å². The summed E-state index contributed by atoms with van der Waals surface area (Å²) in [5.74, 6) is 0.461. The van der Waals surface area contributed by atoms with Crippen LogP contribution in [0.1, 0.15) is 11.5 Å². The number of benzene rings is 5. The van der Waals surface area contributed by atoms with Crippen molar-refractivity contribution in [3.8, 4) is 11.1 Å². The monoisotopic (exact) mass is 570 g/mol. The molecule has 2 aromatic heterocycles. The Hall–Kier alpha value is -5.06. The van der Waals surface area contributed by atoms with Crippen LogP contribution in [0, 0.1) is 0 Å². The van der Waals surface area contributed by atoms with Gasteiger partial charge in [0.1, 0.15) is 5.58 Å². The van der Waals surface area contributed by atoms with Crippen LogP contribution in [0.15, 0.2) is 155 Å². The summed E-state index contributed by atoms with van der Waals surface area (Å²) in [5.41, 5.74) is 8.94. The molecular weight excluding hydrogens is 545 g/mol. The molecule has 5 aromatic carbocycles. The number of nitrogens with zero attached hydrogens (tertiary/aromatic N) is 2. The van der Waals surface area contributed by atoms with Gasteiger partial charge in [0.2, 0.25) is 0 Å². The fraction of sp³-hybridized carbons (Fsp3) is 0.0513. The van der Waals surface area contributed by atoms with Crippen molar-refractivity contribution in [3.63, 3.8) is 0 Å². The number of rotatable bonds is 4. The number of para-hydroxylation sites is 1. The molecule has 1 aliphatic heterocycles. The van der Waals surface area contributed by atoms with Crippen LogP contribution in [0.3, 0.4) is 0 Å². The maximum absolute atomic E-state index is 6.11. The van der Waals surface area contributed by atoms with Gasteiger partial charge in [-0.3, -0.25) is 4.98 Å². The van der Waals surface area contributed by atoms with Crippen molar-refractivity contribution in [3.05, 3.63) is 151 Å². The van der Waals surface area contributed by atoms with Crippen LogP contribution in [0.5, 0.6) is 0 Å². The highest BCUT2D eigenvalue weighted by atomic mass is 32.2. The number of hydrogen-bond acceptors (Lipinski definition) is 4. The third kappa shape index (κ3) is 4.02.